The Balaban J connectivity index is 4.29. The van der Waals surface area contributed by atoms with E-state index in [2.05, 4.69) is 27.7 Å². The van der Waals surface area contributed by atoms with Crippen molar-refractivity contribution in [1.29, 1.82) is 0 Å². The molecule has 0 aromatic carbocycles. The number of carbonyl (C=O) groups excluding carboxylic acids is 3. The van der Waals surface area contributed by atoms with Gasteiger partial charge in [0.1, 0.15) is 13.2 Å². The summed E-state index contributed by atoms with van der Waals surface area (Å²) in [5.41, 5.74) is 0. The van der Waals surface area contributed by atoms with Gasteiger partial charge < -0.3 is 14.2 Å². The Labute approximate surface area is 412 Å². The van der Waals surface area contributed by atoms with Gasteiger partial charge in [0.15, 0.2) is 6.10 Å². The van der Waals surface area contributed by atoms with Crippen LogP contribution in [0.1, 0.15) is 342 Å². The Bertz CT molecular complexity index is 998. The summed E-state index contributed by atoms with van der Waals surface area (Å²) in [4.78, 5) is 38.2. The van der Waals surface area contributed by atoms with E-state index in [4.69, 9.17) is 14.2 Å². The number of unbranched alkanes of at least 4 members (excludes halogenated alkanes) is 41. The Morgan fingerprint density at radius 2 is 0.530 bits per heavy atom. The molecule has 0 radical (unpaired) electrons. The van der Waals surface area contributed by atoms with Crippen LogP contribution in [0.4, 0.5) is 0 Å². The average Bonchev–Trinajstić information content (AvgIpc) is 3.32. The van der Waals surface area contributed by atoms with Crippen LogP contribution in [-0.2, 0) is 28.6 Å². The van der Waals surface area contributed by atoms with Gasteiger partial charge in [-0.2, -0.15) is 0 Å². The van der Waals surface area contributed by atoms with E-state index in [0.29, 0.717) is 19.3 Å². The predicted molar refractivity (Wildman–Crippen MR) is 284 cm³/mol. The van der Waals surface area contributed by atoms with Crippen LogP contribution in [0.3, 0.4) is 0 Å². The summed E-state index contributed by atoms with van der Waals surface area (Å²) in [6.07, 6.45) is 59.4. The van der Waals surface area contributed by atoms with Gasteiger partial charge in [-0.15, -0.1) is 0 Å². The lowest BCUT2D eigenvalue weighted by atomic mass is 9.99. The summed E-state index contributed by atoms with van der Waals surface area (Å²) < 4.78 is 16.9. The largest absolute Gasteiger partial charge is 0.462 e. The third kappa shape index (κ3) is 51.8. The Hall–Kier alpha value is -1.59. The Morgan fingerprint density at radius 1 is 0.303 bits per heavy atom. The van der Waals surface area contributed by atoms with Gasteiger partial charge in [0.25, 0.3) is 0 Å². The first-order chi connectivity index (χ1) is 32.4. The molecule has 0 aromatic heterocycles. The third-order valence-electron chi connectivity index (χ3n) is 14.2. The lowest BCUT2D eigenvalue weighted by Gasteiger charge is -2.18. The van der Waals surface area contributed by atoms with Crippen LogP contribution in [0, 0.1) is 5.92 Å². The van der Waals surface area contributed by atoms with Crippen LogP contribution in [0.2, 0.25) is 0 Å². The van der Waals surface area contributed by atoms with E-state index >= 15 is 0 Å². The average molecular weight is 934 g/mol. The van der Waals surface area contributed by atoms with E-state index in [1.165, 1.54) is 238 Å². The van der Waals surface area contributed by atoms with Crippen molar-refractivity contribution >= 4 is 17.9 Å². The van der Waals surface area contributed by atoms with Gasteiger partial charge in [0, 0.05) is 19.3 Å². The zero-order valence-electron chi connectivity index (χ0n) is 45.2. The molecule has 2 atom stereocenters. The first-order valence-corrected chi connectivity index (χ1v) is 29.9. The molecule has 0 bridgehead atoms. The highest BCUT2D eigenvalue weighted by Crippen LogP contribution is 2.19. The zero-order chi connectivity index (χ0) is 48.1. The molecular weight excluding hydrogens is 817 g/mol. The normalized spacial score (nSPS) is 12.4. The van der Waals surface area contributed by atoms with Crippen LogP contribution in [0.5, 0.6) is 0 Å². The molecule has 6 heteroatoms. The van der Waals surface area contributed by atoms with Crippen molar-refractivity contribution < 1.29 is 28.6 Å². The summed E-state index contributed by atoms with van der Waals surface area (Å²) in [6.45, 7) is 9.11. The maximum absolute atomic E-state index is 12.9. The van der Waals surface area contributed by atoms with Gasteiger partial charge >= 0.3 is 17.9 Å². The van der Waals surface area contributed by atoms with Gasteiger partial charge in [-0.3, -0.25) is 14.4 Å². The van der Waals surface area contributed by atoms with Crippen LogP contribution >= 0.6 is 0 Å². The zero-order valence-corrected chi connectivity index (χ0v) is 45.2. The highest BCUT2D eigenvalue weighted by atomic mass is 16.6. The van der Waals surface area contributed by atoms with E-state index < -0.39 is 6.10 Å². The number of rotatable bonds is 55. The maximum atomic E-state index is 12.9. The quantitative estimate of drug-likeness (QED) is 0.0343. The molecule has 0 aliphatic rings. The van der Waals surface area contributed by atoms with Crippen molar-refractivity contribution in [3.05, 3.63) is 0 Å². The summed E-state index contributed by atoms with van der Waals surface area (Å²) >= 11 is 0. The molecule has 0 saturated heterocycles. The van der Waals surface area contributed by atoms with E-state index in [1.54, 1.807) is 0 Å². The fourth-order valence-corrected chi connectivity index (χ4v) is 9.25. The summed E-state index contributed by atoms with van der Waals surface area (Å²) in [6, 6.07) is 0. The molecule has 0 fully saturated rings. The molecule has 0 heterocycles. The first kappa shape index (κ1) is 64.4. The molecule has 0 rings (SSSR count). The van der Waals surface area contributed by atoms with Crippen molar-refractivity contribution in [3.8, 4) is 0 Å². The molecule has 0 amide bonds. The van der Waals surface area contributed by atoms with Gasteiger partial charge in [-0.1, -0.05) is 304 Å². The molecule has 0 N–H and O–H groups in total. The number of hydrogen-bond donors (Lipinski definition) is 0. The second-order valence-electron chi connectivity index (χ2n) is 20.9. The maximum Gasteiger partial charge on any atom is 0.306 e. The minimum Gasteiger partial charge on any atom is -0.462 e. The second kappa shape index (κ2) is 54.4. The number of ether oxygens (including phenoxy) is 3. The fourth-order valence-electron chi connectivity index (χ4n) is 9.25. The van der Waals surface area contributed by atoms with Gasteiger partial charge in [0.2, 0.25) is 0 Å². The van der Waals surface area contributed by atoms with Crippen LogP contribution in [-0.4, -0.2) is 37.2 Å². The van der Waals surface area contributed by atoms with Crippen LogP contribution < -0.4 is 0 Å². The molecule has 6 nitrogen and oxygen atoms in total. The van der Waals surface area contributed by atoms with Gasteiger partial charge in [0.05, 0.1) is 0 Å². The summed E-state index contributed by atoms with van der Waals surface area (Å²) in [5.74, 6) is 0.0623. The highest BCUT2D eigenvalue weighted by molar-refractivity contribution is 5.71. The lowest BCUT2D eigenvalue weighted by molar-refractivity contribution is -0.167. The minimum absolute atomic E-state index is 0.0616. The Kier molecular flexibility index (Phi) is 53.0. The molecule has 66 heavy (non-hydrogen) atoms. The number of carbonyl (C=O) groups is 3. The molecule has 0 aliphatic carbocycles. The topological polar surface area (TPSA) is 78.9 Å². The van der Waals surface area contributed by atoms with Crippen molar-refractivity contribution in [3.63, 3.8) is 0 Å². The lowest BCUT2D eigenvalue weighted by Crippen LogP contribution is -2.30. The van der Waals surface area contributed by atoms with Crippen molar-refractivity contribution in [2.75, 3.05) is 13.2 Å². The fraction of sp³-hybridized carbons (Fsp3) is 0.950. The van der Waals surface area contributed by atoms with E-state index in [9.17, 15) is 14.4 Å². The predicted octanol–water partition coefficient (Wildman–Crippen LogP) is 19.8. The Morgan fingerprint density at radius 3 is 0.788 bits per heavy atom. The minimum atomic E-state index is -0.762. The molecule has 0 saturated carbocycles. The summed E-state index contributed by atoms with van der Waals surface area (Å²) in [7, 11) is 0. The van der Waals surface area contributed by atoms with Gasteiger partial charge in [-0.25, -0.2) is 0 Å². The molecule has 0 spiro atoms. The first-order valence-electron chi connectivity index (χ1n) is 29.9. The van der Waals surface area contributed by atoms with Crippen LogP contribution in [0.25, 0.3) is 0 Å². The highest BCUT2D eigenvalue weighted by Gasteiger charge is 2.19. The molecule has 1 unspecified atom stereocenters. The molecule has 0 aliphatic heterocycles. The van der Waals surface area contributed by atoms with Crippen molar-refractivity contribution in [2.45, 2.75) is 348 Å². The standard InChI is InChI=1S/C60H116O6/c1-5-8-10-12-14-16-18-20-22-23-28-32-36-40-44-48-52-59(62)65-55-57(54-64-58(61)51-47-43-39-35-31-27-21-19-17-15-13-11-9-6-2)66-60(63)53-49-45-41-37-33-29-25-24-26-30-34-38-42-46-50-56(4)7-3/h56-57H,5-55H2,1-4H3/t56?,57-/m1/s1. The second-order valence-corrected chi connectivity index (χ2v) is 20.9. The van der Waals surface area contributed by atoms with Crippen molar-refractivity contribution in [1.82, 2.24) is 0 Å². The number of esters is 3. The molecular formula is C60H116O6. The number of hydrogen-bond acceptors (Lipinski definition) is 6. The van der Waals surface area contributed by atoms with E-state index in [1.807, 2.05) is 0 Å². The van der Waals surface area contributed by atoms with E-state index in [0.717, 1.165) is 63.7 Å². The SMILES string of the molecule is CCCCCCCCCCCCCCCCCCC(=O)OC[C@@H](COC(=O)CCCCCCCCCCCCCCCC)OC(=O)CCCCCCCCCCCCCCCCC(C)CC. The molecule has 0 aromatic rings. The van der Waals surface area contributed by atoms with E-state index in [-0.39, 0.29) is 31.1 Å². The monoisotopic (exact) mass is 933 g/mol. The van der Waals surface area contributed by atoms with Gasteiger partial charge in [-0.05, 0) is 25.2 Å². The molecule has 392 valence electrons. The third-order valence-corrected chi connectivity index (χ3v) is 14.2. The smallest absolute Gasteiger partial charge is 0.306 e. The summed E-state index contributed by atoms with van der Waals surface area (Å²) in [5, 5.41) is 0. The van der Waals surface area contributed by atoms with Crippen LogP contribution in [0.15, 0.2) is 0 Å². The van der Waals surface area contributed by atoms with Crippen molar-refractivity contribution in [2.24, 2.45) is 5.92 Å².